The van der Waals surface area contributed by atoms with Crippen molar-refractivity contribution in [3.8, 4) is 17.2 Å². The van der Waals surface area contributed by atoms with Crippen LogP contribution in [0, 0.1) is 25.7 Å². The Morgan fingerprint density at radius 1 is 1.08 bits per heavy atom. The first kappa shape index (κ1) is 27.4. The first-order valence-electron chi connectivity index (χ1n) is 12.7. The summed E-state index contributed by atoms with van der Waals surface area (Å²) in [4.78, 5) is 13.9. The fourth-order valence-electron chi connectivity index (χ4n) is 4.83. The molecule has 0 saturated heterocycles. The Morgan fingerprint density at radius 3 is 2.49 bits per heavy atom. The second kappa shape index (κ2) is 11.0. The molecule has 37 heavy (non-hydrogen) atoms. The monoisotopic (exact) mass is 533 g/mol. The summed E-state index contributed by atoms with van der Waals surface area (Å²) in [7, 11) is 0. The average Bonchev–Trinajstić information content (AvgIpc) is 3.49. The number of aliphatic hydroxyl groups excluding tert-OH is 3. The molecule has 5 N–H and O–H groups in total. The molecule has 0 aliphatic heterocycles. The van der Waals surface area contributed by atoms with E-state index >= 15 is 0 Å². The number of nitrogens with one attached hydrogen (secondary N) is 2. The summed E-state index contributed by atoms with van der Waals surface area (Å²) in [6, 6.07) is 3.29. The minimum absolute atomic E-state index is 0. The van der Waals surface area contributed by atoms with Gasteiger partial charge in [-0.3, -0.25) is 0 Å². The third kappa shape index (κ3) is 5.77. The molecule has 4 atom stereocenters. The standard InChI is InChI=1S/C26H35N5O5.ClH/c1-12(2)35-20-9-16-8-19(36-24(16)14(4)28-20)21-13(3)29-26(27-10-15-5-6-15)31-25(21)30-18-7-17(11-32)22(33)23(18)34;/h8-9,12,15,17-18,22-23,32-34H,5-7,10-11H2,1-4H3,(H2,27,29,30,31);1H/t17-,18-,22-,23+;/m1./s1. The van der Waals surface area contributed by atoms with Crippen molar-refractivity contribution in [3.05, 3.63) is 23.5 Å². The number of rotatable bonds is 9. The third-order valence-electron chi connectivity index (χ3n) is 6.94. The van der Waals surface area contributed by atoms with E-state index in [1.807, 2.05) is 39.8 Å². The SMILES string of the molecule is Cc1nc(NCC2CC2)nc(N[C@@H]2C[C@H](CO)[C@@H](O)[C@H]2O)c1-c1cc2cc(OC(C)C)nc(C)c2o1.Cl. The van der Waals surface area contributed by atoms with E-state index in [0.717, 1.165) is 11.9 Å². The van der Waals surface area contributed by atoms with Crippen LogP contribution in [0.2, 0.25) is 0 Å². The molecule has 3 aromatic heterocycles. The van der Waals surface area contributed by atoms with Gasteiger partial charge in [-0.2, -0.15) is 4.98 Å². The van der Waals surface area contributed by atoms with Crippen LogP contribution in [0.25, 0.3) is 22.3 Å². The van der Waals surface area contributed by atoms with E-state index in [0.29, 0.717) is 58.3 Å². The van der Waals surface area contributed by atoms with Gasteiger partial charge in [0, 0.05) is 30.5 Å². The number of nitrogens with zero attached hydrogens (tertiary/aromatic N) is 3. The van der Waals surface area contributed by atoms with Crippen LogP contribution in [0.1, 0.15) is 44.5 Å². The molecule has 0 aromatic carbocycles. The maximum atomic E-state index is 10.6. The fraction of sp³-hybridized carbons (Fsp3) is 0.577. The number of hydrogen-bond acceptors (Lipinski definition) is 10. The van der Waals surface area contributed by atoms with Gasteiger partial charge in [0.05, 0.1) is 35.2 Å². The zero-order valence-electron chi connectivity index (χ0n) is 21.6. The number of aliphatic hydroxyl groups is 3. The molecule has 0 spiro atoms. The van der Waals surface area contributed by atoms with Crippen molar-refractivity contribution in [2.75, 3.05) is 23.8 Å². The summed E-state index contributed by atoms with van der Waals surface area (Å²) in [6.45, 7) is 8.29. The minimum Gasteiger partial charge on any atom is -0.475 e. The summed E-state index contributed by atoms with van der Waals surface area (Å²) in [5, 5.41) is 38.1. The van der Waals surface area contributed by atoms with Gasteiger partial charge in [-0.25, -0.2) is 9.97 Å². The zero-order valence-corrected chi connectivity index (χ0v) is 22.4. The van der Waals surface area contributed by atoms with Gasteiger partial charge in [0.15, 0.2) is 5.58 Å². The van der Waals surface area contributed by atoms with Gasteiger partial charge in [-0.15, -0.1) is 12.4 Å². The molecule has 202 valence electrons. The summed E-state index contributed by atoms with van der Waals surface area (Å²) in [5.41, 5.74) is 2.74. The Labute approximate surface area is 222 Å². The number of hydrogen-bond donors (Lipinski definition) is 5. The van der Waals surface area contributed by atoms with Gasteiger partial charge in [-0.05, 0) is 58.9 Å². The number of aryl methyl sites for hydroxylation is 2. The molecule has 3 heterocycles. The van der Waals surface area contributed by atoms with Crippen LogP contribution in [0.5, 0.6) is 5.88 Å². The van der Waals surface area contributed by atoms with Crippen LogP contribution in [-0.4, -0.2) is 67.8 Å². The maximum absolute atomic E-state index is 10.6. The molecule has 0 radical (unpaired) electrons. The normalized spacial score (nSPS) is 23.4. The lowest BCUT2D eigenvalue weighted by atomic mass is 10.1. The fourth-order valence-corrected chi connectivity index (χ4v) is 4.83. The van der Waals surface area contributed by atoms with Crippen LogP contribution in [0.4, 0.5) is 11.8 Å². The molecule has 2 aliphatic carbocycles. The summed E-state index contributed by atoms with van der Waals surface area (Å²) in [5.74, 6) is 2.34. The Hall–Kier alpha value is -2.66. The van der Waals surface area contributed by atoms with Crippen molar-refractivity contribution in [1.82, 2.24) is 15.0 Å². The van der Waals surface area contributed by atoms with Crippen LogP contribution in [0.3, 0.4) is 0 Å². The highest BCUT2D eigenvalue weighted by molar-refractivity contribution is 5.88. The lowest BCUT2D eigenvalue weighted by molar-refractivity contribution is 0.00446. The largest absolute Gasteiger partial charge is 0.475 e. The molecule has 2 saturated carbocycles. The number of aromatic nitrogens is 3. The molecule has 2 fully saturated rings. The summed E-state index contributed by atoms with van der Waals surface area (Å²) >= 11 is 0. The lowest BCUT2D eigenvalue weighted by Gasteiger charge is -2.21. The Bertz CT molecular complexity index is 1250. The van der Waals surface area contributed by atoms with Crippen LogP contribution >= 0.6 is 12.4 Å². The first-order valence-corrected chi connectivity index (χ1v) is 12.7. The van der Waals surface area contributed by atoms with Gasteiger partial charge in [0.25, 0.3) is 0 Å². The van der Waals surface area contributed by atoms with Crippen LogP contribution in [0.15, 0.2) is 16.5 Å². The number of ether oxygens (including phenoxy) is 1. The van der Waals surface area contributed by atoms with E-state index in [9.17, 15) is 15.3 Å². The first-order chi connectivity index (χ1) is 17.2. The van der Waals surface area contributed by atoms with E-state index in [2.05, 4.69) is 20.6 Å². The second-order valence-electron chi connectivity index (χ2n) is 10.3. The predicted molar refractivity (Wildman–Crippen MR) is 143 cm³/mol. The Balaban J connectivity index is 0.00000320. The van der Waals surface area contributed by atoms with Gasteiger partial charge < -0.3 is 35.1 Å². The van der Waals surface area contributed by atoms with Gasteiger partial charge in [-0.1, -0.05) is 0 Å². The number of anilines is 2. The van der Waals surface area contributed by atoms with Gasteiger partial charge in [0.1, 0.15) is 17.7 Å². The molecule has 2 aliphatic rings. The van der Waals surface area contributed by atoms with Crippen molar-refractivity contribution in [1.29, 1.82) is 0 Å². The highest BCUT2D eigenvalue weighted by Gasteiger charge is 2.41. The summed E-state index contributed by atoms with van der Waals surface area (Å²) in [6.07, 6.45) is 0.776. The minimum atomic E-state index is -1.04. The molecule has 0 bridgehead atoms. The van der Waals surface area contributed by atoms with E-state index in [-0.39, 0.29) is 25.1 Å². The zero-order chi connectivity index (χ0) is 25.6. The lowest BCUT2D eigenvalue weighted by Crippen LogP contribution is -2.35. The molecule has 0 unspecified atom stereocenters. The van der Waals surface area contributed by atoms with Crippen molar-refractivity contribution in [3.63, 3.8) is 0 Å². The Kier molecular flexibility index (Phi) is 8.13. The number of fused-ring (bicyclic) bond motifs is 1. The average molecular weight is 534 g/mol. The summed E-state index contributed by atoms with van der Waals surface area (Å²) < 4.78 is 12.1. The quantitative estimate of drug-likeness (QED) is 0.277. The van der Waals surface area contributed by atoms with Crippen LogP contribution in [-0.2, 0) is 0 Å². The van der Waals surface area contributed by atoms with Crippen molar-refractivity contribution in [2.24, 2.45) is 11.8 Å². The highest BCUT2D eigenvalue weighted by atomic mass is 35.5. The van der Waals surface area contributed by atoms with Crippen molar-refractivity contribution in [2.45, 2.75) is 71.3 Å². The molecular formula is C26H36ClN5O5. The van der Waals surface area contributed by atoms with Crippen LogP contribution < -0.4 is 15.4 Å². The van der Waals surface area contributed by atoms with E-state index in [4.69, 9.17) is 14.1 Å². The van der Waals surface area contributed by atoms with Crippen molar-refractivity contribution >= 4 is 35.1 Å². The topological polar surface area (TPSA) is 146 Å². The number of halogens is 1. The number of pyridine rings is 1. The van der Waals surface area contributed by atoms with E-state index < -0.39 is 24.2 Å². The Morgan fingerprint density at radius 2 is 1.84 bits per heavy atom. The third-order valence-corrected chi connectivity index (χ3v) is 6.94. The van der Waals surface area contributed by atoms with E-state index in [1.165, 1.54) is 12.8 Å². The van der Waals surface area contributed by atoms with Gasteiger partial charge >= 0.3 is 0 Å². The highest BCUT2D eigenvalue weighted by Crippen LogP contribution is 2.38. The molecule has 11 heteroatoms. The van der Waals surface area contributed by atoms with Gasteiger partial charge in [0.2, 0.25) is 11.8 Å². The second-order valence-corrected chi connectivity index (χ2v) is 10.3. The molecule has 0 amide bonds. The molecule has 10 nitrogen and oxygen atoms in total. The maximum Gasteiger partial charge on any atom is 0.224 e. The predicted octanol–water partition coefficient (Wildman–Crippen LogP) is 3.45. The molecule has 3 aromatic rings. The van der Waals surface area contributed by atoms with Crippen molar-refractivity contribution < 1.29 is 24.5 Å². The molecule has 5 rings (SSSR count). The number of furan rings is 1. The smallest absolute Gasteiger partial charge is 0.224 e. The molecular weight excluding hydrogens is 498 g/mol. The van der Waals surface area contributed by atoms with E-state index in [1.54, 1.807) is 0 Å².